The molecule has 7 heteroatoms. The fourth-order valence-electron chi connectivity index (χ4n) is 2.02. The number of carbonyl (C=O) groups is 1. The van der Waals surface area contributed by atoms with Gasteiger partial charge in [-0.2, -0.15) is 5.10 Å². The van der Waals surface area contributed by atoms with Gasteiger partial charge in [-0.3, -0.25) is 9.59 Å². The first-order valence-electron chi connectivity index (χ1n) is 6.58. The van der Waals surface area contributed by atoms with Gasteiger partial charge in [0.15, 0.2) is 11.5 Å². The second-order valence-electron chi connectivity index (χ2n) is 4.57. The molecular weight excluding hydrogens is 288 g/mol. The minimum Gasteiger partial charge on any atom is -0.493 e. The van der Waals surface area contributed by atoms with E-state index in [1.807, 2.05) is 0 Å². The Hall–Kier alpha value is -2.83. The summed E-state index contributed by atoms with van der Waals surface area (Å²) < 4.78 is 10.4. The van der Waals surface area contributed by atoms with Gasteiger partial charge in [-0.05, 0) is 30.7 Å². The van der Waals surface area contributed by atoms with Crippen molar-refractivity contribution in [1.29, 1.82) is 0 Å². The zero-order valence-electron chi connectivity index (χ0n) is 12.3. The van der Waals surface area contributed by atoms with Crippen LogP contribution < -0.4 is 15.0 Å². The zero-order chi connectivity index (χ0) is 16.1. The molecule has 0 saturated heterocycles. The minimum atomic E-state index is -0.955. The fraction of sp³-hybridized carbons (Fsp3) is 0.267. The minimum absolute atomic E-state index is 0.113. The highest BCUT2D eigenvalue weighted by molar-refractivity contribution is 5.67. The van der Waals surface area contributed by atoms with E-state index >= 15 is 0 Å². The number of hydrogen-bond donors (Lipinski definition) is 2. The van der Waals surface area contributed by atoms with Crippen molar-refractivity contribution in [2.75, 3.05) is 14.2 Å². The van der Waals surface area contributed by atoms with Crippen LogP contribution in [0.3, 0.4) is 0 Å². The first kappa shape index (κ1) is 15.6. The Labute approximate surface area is 126 Å². The molecule has 0 atom stereocenters. The molecule has 1 heterocycles. The number of rotatable bonds is 6. The number of benzene rings is 1. The summed E-state index contributed by atoms with van der Waals surface area (Å²) >= 11 is 0. The summed E-state index contributed by atoms with van der Waals surface area (Å²) in [5.74, 6) is 0.172. The van der Waals surface area contributed by atoms with Gasteiger partial charge >= 0.3 is 5.97 Å². The van der Waals surface area contributed by atoms with Gasteiger partial charge in [0.1, 0.15) is 0 Å². The van der Waals surface area contributed by atoms with Crippen molar-refractivity contribution in [1.82, 2.24) is 10.2 Å². The van der Waals surface area contributed by atoms with Crippen molar-refractivity contribution in [3.05, 3.63) is 40.2 Å². The summed E-state index contributed by atoms with van der Waals surface area (Å²) in [6, 6.07) is 6.84. The molecule has 1 aromatic carbocycles. The van der Waals surface area contributed by atoms with Crippen molar-refractivity contribution in [3.63, 3.8) is 0 Å². The Kier molecular flexibility index (Phi) is 4.77. The highest BCUT2D eigenvalue weighted by Crippen LogP contribution is 2.31. The topological polar surface area (TPSA) is 102 Å². The summed E-state index contributed by atoms with van der Waals surface area (Å²) in [7, 11) is 3.07. The maximum Gasteiger partial charge on any atom is 0.303 e. The lowest BCUT2D eigenvalue weighted by Gasteiger charge is -2.09. The first-order valence-corrected chi connectivity index (χ1v) is 6.58. The largest absolute Gasteiger partial charge is 0.493 e. The quantitative estimate of drug-likeness (QED) is 0.838. The normalized spacial score (nSPS) is 10.3. The SMILES string of the molecule is COc1ccc(-c2cc(CCC(=O)O)c(=O)[nH]n2)cc1OC. The second kappa shape index (κ2) is 6.75. The van der Waals surface area contributed by atoms with Crippen LogP contribution in [-0.2, 0) is 11.2 Å². The van der Waals surface area contributed by atoms with Crippen LogP contribution in [0.15, 0.2) is 29.1 Å². The Morgan fingerprint density at radius 1 is 1.23 bits per heavy atom. The maximum absolute atomic E-state index is 11.7. The van der Waals surface area contributed by atoms with Crippen LogP contribution in [0.25, 0.3) is 11.3 Å². The molecule has 0 aliphatic heterocycles. The lowest BCUT2D eigenvalue weighted by Crippen LogP contribution is -2.15. The average molecular weight is 304 g/mol. The summed E-state index contributed by atoms with van der Waals surface area (Å²) in [6.07, 6.45) is 0.0337. The van der Waals surface area contributed by atoms with Gasteiger partial charge in [0.05, 0.1) is 19.9 Å². The van der Waals surface area contributed by atoms with E-state index < -0.39 is 5.97 Å². The van der Waals surface area contributed by atoms with E-state index in [0.29, 0.717) is 22.8 Å². The van der Waals surface area contributed by atoms with Crippen molar-refractivity contribution in [2.45, 2.75) is 12.8 Å². The molecule has 7 nitrogen and oxygen atoms in total. The number of methoxy groups -OCH3 is 2. The predicted molar refractivity (Wildman–Crippen MR) is 79.4 cm³/mol. The molecule has 116 valence electrons. The van der Waals surface area contributed by atoms with Gasteiger partial charge in [0, 0.05) is 17.5 Å². The van der Waals surface area contributed by atoms with Crippen LogP contribution in [0.5, 0.6) is 11.5 Å². The number of ether oxygens (including phenoxy) is 2. The highest BCUT2D eigenvalue weighted by Gasteiger charge is 2.10. The zero-order valence-corrected chi connectivity index (χ0v) is 12.3. The molecule has 1 aromatic heterocycles. The molecule has 2 N–H and O–H groups in total. The lowest BCUT2D eigenvalue weighted by molar-refractivity contribution is -0.136. The van der Waals surface area contributed by atoms with E-state index in [1.165, 1.54) is 7.11 Å². The van der Waals surface area contributed by atoms with Crippen molar-refractivity contribution in [2.24, 2.45) is 0 Å². The van der Waals surface area contributed by atoms with Gasteiger partial charge in [-0.15, -0.1) is 0 Å². The summed E-state index contributed by atoms with van der Waals surface area (Å²) in [4.78, 5) is 22.3. The van der Waals surface area contributed by atoms with Gasteiger partial charge in [-0.1, -0.05) is 0 Å². The van der Waals surface area contributed by atoms with Crippen LogP contribution >= 0.6 is 0 Å². The van der Waals surface area contributed by atoms with E-state index in [4.69, 9.17) is 14.6 Å². The number of H-pyrrole nitrogens is 1. The predicted octanol–water partition coefficient (Wildman–Crippen LogP) is 1.47. The molecule has 0 amide bonds. The third-order valence-corrected chi connectivity index (χ3v) is 3.17. The molecule has 0 bridgehead atoms. The molecule has 2 rings (SSSR count). The lowest BCUT2D eigenvalue weighted by atomic mass is 10.1. The molecule has 22 heavy (non-hydrogen) atoms. The third kappa shape index (κ3) is 3.43. The molecule has 0 aliphatic carbocycles. The van der Waals surface area contributed by atoms with Gasteiger partial charge in [0.2, 0.25) is 0 Å². The summed E-state index contributed by atoms with van der Waals surface area (Å²) in [6.45, 7) is 0. The molecule has 0 spiro atoms. The number of aliphatic carboxylic acids is 1. The molecule has 0 saturated carbocycles. The fourth-order valence-corrected chi connectivity index (χ4v) is 2.02. The van der Waals surface area contributed by atoms with Crippen LogP contribution in [0, 0.1) is 0 Å². The number of aromatic amines is 1. The molecular formula is C15H16N2O5. The average Bonchev–Trinajstić information content (AvgIpc) is 2.53. The van der Waals surface area contributed by atoms with Crippen molar-refractivity contribution >= 4 is 5.97 Å². The van der Waals surface area contributed by atoms with E-state index in [1.54, 1.807) is 31.4 Å². The number of nitrogens with one attached hydrogen (secondary N) is 1. The van der Waals surface area contributed by atoms with E-state index in [0.717, 1.165) is 5.56 Å². The Bertz CT molecular complexity index is 739. The Balaban J connectivity index is 2.38. The Morgan fingerprint density at radius 3 is 2.59 bits per heavy atom. The van der Waals surface area contributed by atoms with Crippen molar-refractivity contribution in [3.8, 4) is 22.8 Å². The monoisotopic (exact) mass is 304 g/mol. The summed E-state index contributed by atoms with van der Waals surface area (Å²) in [5.41, 5.74) is 1.25. The number of aromatic nitrogens is 2. The number of carboxylic acid groups (broad SMARTS) is 1. The van der Waals surface area contributed by atoms with Crippen LogP contribution in [-0.4, -0.2) is 35.5 Å². The van der Waals surface area contributed by atoms with E-state index in [-0.39, 0.29) is 18.4 Å². The highest BCUT2D eigenvalue weighted by atomic mass is 16.5. The molecule has 2 aromatic rings. The van der Waals surface area contributed by atoms with Crippen molar-refractivity contribution < 1.29 is 19.4 Å². The van der Waals surface area contributed by atoms with Gasteiger partial charge in [0.25, 0.3) is 5.56 Å². The van der Waals surface area contributed by atoms with E-state index in [2.05, 4.69) is 10.2 Å². The number of carboxylic acids is 1. The standard InChI is InChI=1S/C15H16N2O5/c1-21-12-5-3-9(8-13(12)22-2)11-7-10(4-6-14(18)19)15(20)17-16-11/h3,5,7-8H,4,6H2,1-2H3,(H,17,20)(H,18,19). The number of nitrogens with zero attached hydrogens (tertiary/aromatic N) is 1. The van der Waals surface area contributed by atoms with Gasteiger partial charge in [-0.25, -0.2) is 5.10 Å². The molecule has 0 fully saturated rings. The maximum atomic E-state index is 11.7. The molecule has 0 aliphatic rings. The van der Waals surface area contributed by atoms with Crippen LogP contribution in [0.1, 0.15) is 12.0 Å². The van der Waals surface area contributed by atoms with Crippen LogP contribution in [0.4, 0.5) is 0 Å². The smallest absolute Gasteiger partial charge is 0.303 e. The summed E-state index contributed by atoms with van der Waals surface area (Å²) in [5, 5.41) is 15.1. The number of aryl methyl sites for hydroxylation is 1. The third-order valence-electron chi connectivity index (χ3n) is 3.17. The van der Waals surface area contributed by atoms with Gasteiger partial charge < -0.3 is 14.6 Å². The number of hydrogen-bond acceptors (Lipinski definition) is 5. The Morgan fingerprint density at radius 2 is 1.95 bits per heavy atom. The first-order chi connectivity index (χ1) is 10.5. The molecule has 0 unspecified atom stereocenters. The second-order valence-corrected chi connectivity index (χ2v) is 4.57. The molecule has 0 radical (unpaired) electrons. The van der Waals surface area contributed by atoms with Crippen LogP contribution in [0.2, 0.25) is 0 Å². The van der Waals surface area contributed by atoms with E-state index in [9.17, 15) is 9.59 Å².